The summed E-state index contributed by atoms with van der Waals surface area (Å²) in [6.45, 7) is 2.98. The Morgan fingerprint density at radius 1 is 1.10 bits per heavy atom. The zero-order valence-electron chi connectivity index (χ0n) is 16.0. The molecule has 3 aromatic rings. The lowest BCUT2D eigenvalue weighted by Crippen LogP contribution is -2.27. The van der Waals surface area contributed by atoms with Gasteiger partial charge in [0.25, 0.3) is 0 Å². The first-order valence-corrected chi connectivity index (χ1v) is 10.1. The first kappa shape index (κ1) is 20.5. The van der Waals surface area contributed by atoms with Crippen LogP contribution in [0.5, 0.6) is 5.75 Å². The van der Waals surface area contributed by atoms with Gasteiger partial charge in [-0.1, -0.05) is 5.16 Å². The standard InChI is InChI=1S/C19H20N4O5S/c1-12(19-21-18(22-28-19)14-4-8-16(27-3)9-5-14)23-29(25,26)17-10-6-15(7-11-17)20-13(2)24/h4-12,23H,1-3H3,(H,20,24)/t12-/m0/s1. The van der Waals surface area contributed by atoms with E-state index >= 15 is 0 Å². The third kappa shape index (κ3) is 4.98. The van der Waals surface area contributed by atoms with E-state index < -0.39 is 16.1 Å². The normalized spacial score (nSPS) is 12.4. The number of aromatic nitrogens is 2. The lowest BCUT2D eigenvalue weighted by molar-refractivity contribution is -0.114. The lowest BCUT2D eigenvalue weighted by Gasteiger charge is -2.11. The lowest BCUT2D eigenvalue weighted by atomic mass is 10.2. The molecule has 0 aliphatic heterocycles. The monoisotopic (exact) mass is 416 g/mol. The van der Waals surface area contributed by atoms with Crippen LogP contribution in [-0.4, -0.2) is 31.6 Å². The molecule has 1 amide bonds. The number of anilines is 1. The van der Waals surface area contributed by atoms with E-state index in [1.807, 2.05) is 0 Å². The molecule has 29 heavy (non-hydrogen) atoms. The molecule has 0 bridgehead atoms. The highest BCUT2D eigenvalue weighted by atomic mass is 32.2. The van der Waals surface area contributed by atoms with Crippen molar-refractivity contribution >= 4 is 21.6 Å². The second-order valence-corrected chi connectivity index (χ2v) is 7.95. The fraction of sp³-hybridized carbons (Fsp3) is 0.211. The molecule has 0 unspecified atom stereocenters. The van der Waals surface area contributed by atoms with Gasteiger partial charge in [0.05, 0.1) is 18.0 Å². The highest BCUT2D eigenvalue weighted by Gasteiger charge is 2.23. The van der Waals surface area contributed by atoms with E-state index in [1.54, 1.807) is 38.3 Å². The van der Waals surface area contributed by atoms with Crippen molar-refractivity contribution in [3.8, 4) is 17.1 Å². The molecule has 2 N–H and O–H groups in total. The predicted octanol–water partition coefficient (Wildman–Crippen LogP) is 2.74. The zero-order chi connectivity index (χ0) is 21.0. The number of sulfonamides is 1. The molecular formula is C19H20N4O5S. The maximum Gasteiger partial charge on any atom is 0.244 e. The van der Waals surface area contributed by atoms with E-state index in [-0.39, 0.29) is 16.7 Å². The number of ether oxygens (including phenoxy) is 1. The number of hydrogen-bond donors (Lipinski definition) is 2. The van der Waals surface area contributed by atoms with Crippen LogP contribution in [0.25, 0.3) is 11.4 Å². The molecule has 1 heterocycles. The molecule has 2 aromatic carbocycles. The van der Waals surface area contributed by atoms with Crippen molar-refractivity contribution in [2.75, 3.05) is 12.4 Å². The first-order chi connectivity index (χ1) is 13.8. The first-order valence-electron chi connectivity index (χ1n) is 8.66. The number of nitrogens with zero attached hydrogens (tertiary/aromatic N) is 2. The molecule has 0 radical (unpaired) electrons. The van der Waals surface area contributed by atoms with Crippen molar-refractivity contribution < 1.29 is 22.5 Å². The highest BCUT2D eigenvalue weighted by molar-refractivity contribution is 7.89. The van der Waals surface area contributed by atoms with Crippen molar-refractivity contribution in [1.29, 1.82) is 0 Å². The van der Waals surface area contributed by atoms with Crippen LogP contribution in [0.2, 0.25) is 0 Å². The van der Waals surface area contributed by atoms with Crippen molar-refractivity contribution in [2.24, 2.45) is 0 Å². The van der Waals surface area contributed by atoms with Gasteiger partial charge in [-0.15, -0.1) is 0 Å². The minimum Gasteiger partial charge on any atom is -0.497 e. The van der Waals surface area contributed by atoms with E-state index in [0.29, 0.717) is 22.8 Å². The summed E-state index contributed by atoms with van der Waals surface area (Å²) in [6, 6.07) is 12.2. The fourth-order valence-electron chi connectivity index (χ4n) is 2.54. The number of hydrogen-bond acceptors (Lipinski definition) is 7. The van der Waals surface area contributed by atoms with Crippen molar-refractivity contribution in [3.05, 3.63) is 54.4 Å². The van der Waals surface area contributed by atoms with Crippen LogP contribution in [0.3, 0.4) is 0 Å². The van der Waals surface area contributed by atoms with Gasteiger partial charge >= 0.3 is 0 Å². The average Bonchev–Trinajstić information content (AvgIpc) is 3.18. The summed E-state index contributed by atoms with van der Waals surface area (Å²) in [4.78, 5) is 15.4. The van der Waals surface area contributed by atoms with Crippen molar-refractivity contribution in [2.45, 2.75) is 24.8 Å². The maximum absolute atomic E-state index is 12.6. The summed E-state index contributed by atoms with van der Waals surface area (Å²) >= 11 is 0. The minimum atomic E-state index is -3.82. The molecule has 1 aromatic heterocycles. The smallest absolute Gasteiger partial charge is 0.244 e. The quantitative estimate of drug-likeness (QED) is 0.607. The molecule has 3 rings (SSSR count). The predicted molar refractivity (Wildman–Crippen MR) is 106 cm³/mol. The van der Waals surface area contributed by atoms with Gasteiger partial charge in [-0.25, -0.2) is 8.42 Å². The largest absolute Gasteiger partial charge is 0.497 e. The molecule has 0 aliphatic rings. The number of carbonyl (C=O) groups excluding carboxylic acids is 1. The Kier molecular flexibility index (Phi) is 5.95. The second-order valence-electron chi connectivity index (χ2n) is 6.23. The van der Waals surface area contributed by atoms with E-state index in [2.05, 4.69) is 20.2 Å². The van der Waals surface area contributed by atoms with Gasteiger partial charge in [0, 0.05) is 18.2 Å². The van der Waals surface area contributed by atoms with Gasteiger partial charge in [-0.2, -0.15) is 9.71 Å². The Morgan fingerprint density at radius 3 is 2.34 bits per heavy atom. The summed E-state index contributed by atoms with van der Waals surface area (Å²) in [5.41, 5.74) is 1.22. The molecule has 0 aliphatic carbocycles. The Hall–Kier alpha value is -3.24. The van der Waals surface area contributed by atoms with Gasteiger partial charge in [0.15, 0.2) is 0 Å². The van der Waals surface area contributed by atoms with E-state index in [1.165, 1.54) is 31.2 Å². The van der Waals surface area contributed by atoms with E-state index in [0.717, 1.165) is 0 Å². The van der Waals surface area contributed by atoms with E-state index in [9.17, 15) is 13.2 Å². The number of methoxy groups -OCH3 is 1. The molecule has 152 valence electrons. The SMILES string of the molecule is COc1ccc(-c2noc([C@H](C)NS(=O)(=O)c3ccc(NC(C)=O)cc3)n2)cc1. The minimum absolute atomic E-state index is 0.0494. The number of amides is 1. The second kappa shape index (κ2) is 8.41. The number of benzene rings is 2. The van der Waals surface area contributed by atoms with Crippen LogP contribution in [0, 0.1) is 0 Å². The zero-order valence-corrected chi connectivity index (χ0v) is 16.9. The molecular weight excluding hydrogens is 396 g/mol. The average molecular weight is 416 g/mol. The van der Waals surface area contributed by atoms with Gasteiger partial charge in [0.1, 0.15) is 5.75 Å². The van der Waals surface area contributed by atoms with Crippen LogP contribution in [0.1, 0.15) is 25.8 Å². The van der Waals surface area contributed by atoms with Gasteiger partial charge in [-0.3, -0.25) is 4.79 Å². The molecule has 0 fully saturated rings. The van der Waals surface area contributed by atoms with Gasteiger partial charge < -0.3 is 14.6 Å². The van der Waals surface area contributed by atoms with Crippen molar-refractivity contribution in [3.63, 3.8) is 0 Å². The summed E-state index contributed by atoms with van der Waals surface area (Å²) in [5.74, 6) is 0.933. The molecule has 0 spiro atoms. The topological polar surface area (TPSA) is 123 Å². The van der Waals surface area contributed by atoms with Gasteiger partial charge in [-0.05, 0) is 55.5 Å². The van der Waals surface area contributed by atoms with Crippen molar-refractivity contribution in [1.82, 2.24) is 14.9 Å². The maximum atomic E-state index is 12.6. The third-order valence-electron chi connectivity index (χ3n) is 3.98. The molecule has 0 saturated heterocycles. The number of nitrogens with one attached hydrogen (secondary N) is 2. The third-order valence-corrected chi connectivity index (χ3v) is 5.53. The van der Waals surface area contributed by atoms with Crippen LogP contribution < -0.4 is 14.8 Å². The number of rotatable bonds is 7. The Balaban J connectivity index is 1.72. The molecule has 1 atom stereocenters. The summed E-state index contributed by atoms with van der Waals surface area (Å²) in [5, 5.41) is 6.48. The highest BCUT2D eigenvalue weighted by Crippen LogP contribution is 2.23. The number of carbonyl (C=O) groups is 1. The Bertz CT molecular complexity index is 1090. The Morgan fingerprint density at radius 2 is 1.76 bits per heavy atom. The van der Waals surface area contributed by atoms with Crippen LogP contribution in [0.15, 0.2) is 57.9 Å². The van der Waals surface area contributed by atoms with Gasteiger partial charge in [0.2, 0.25) is 27.6 Å². The summed E-state index contributed by atoms with van der Waals surface area (Å²) in [6.07, 6.45) is 0. The van der Waals surface area contributed by atoms with Crippen LogP contribution >= 0.6 is 0 Å². The molecule has 9 nitrogen and oxygen atoms in total. The summed E-state index contributed by atoms with van der Waals surface area (Å²) in [7, 11) is -2.25. The Labute approximate surface area is 168 Å². The van der Waals surface area contributed by atoms with Crippen LogP contribution in [-0.2, 0) is 14.8 Å². The fourth-order valence-corrected chi connectivity index (χ4v) is 3.74. The van der Waals surface area contributed by atoms with Crippen LogP contribution in [0.4, 0.5) is 5.69 Å². The molecule has 10 heteroatoms. The summed E-state index contributed by atoms with van der Waals surface area (Å²) < 4.78 is 38.0. The molecule has 0 saturated carbocycles. The van der Waals surface area contributed by atoms with E-state index in [4.69, 9.17) is 9.26 Å².